The van der Waals surface area contributed by atoms with Crippen molar-refractivity contribution in [1.29, 1.82) is 0 Å². The molecule has 1 aromatic heterocycles. The second-order valence-electron chi connectivity index (χ2n) is 8.84. The van der Waals surface area contributed by atoms with E-state index >= 15 is 0 Å². The molecule has 32 heavy (non-hydrogen) atoms. The molecule has 0 aliphatic carbocycles. The number of hydrogen-bond donors (Lipinski definition) is 0. The molecule has 9 heteroatoms. The number of amides is 2. The van der Waals surface area contributed by atoms with Crippen LogP contribution in [0.4, 0.5) is 0 Å². The van der Waals surface area contributed by atoms with Gasteiger partial charge in [0.25, 0.3) is 5.91 Å². The SMILES string of the molecule is O=C(c1cn(C[C@@H]2CCCN2C(=O)CN2CCOCC2)nn1)N1CCc2ccccc2C1. The van der Waals surface area contributed by atoms with Crippen molar-refractivity contribution >= 4 is 11.8 Å². The molecule has 2 fully saturated rings. The fourth-order valence-electron chi connectivity index (χ4n) is 4.93. The van der Waals surface area contributed by atoms with Crippen LogP contribution in [0, 0.1) is 0 Å². The Morgan fingerprint density at radius 1 is 1.06 bits per heavy atom. The van der Waals surface area contributed by atoms with Gasteiger partial charge < -0.3 is 14.5 Å². The third-order valence-electron chi connectivity index (χ3n) is 6.73. The van der Waals surface area contributed by atoms with Gasteiger partial charge in [-0.25, -0.2) is 4.68 Å². The molecule has 5 rings (SSSR count). The van der Waals surface area contributed by atoms with E-state index in [1.54, 1.807) is 10.9 Å². The minimum absolute atomic E-state index is 0.0857. The lowest BCUT2D eigenvalue weighted by molar-refractivity contribution is -0.134. The van der Waals surface area contributed by atoms with Gasteiger partial charge in [0.15, 0.2) is 5.69 Å². The van der Waals surface area contributed by atoms with Gasteiger partial charge in [-0.3, -0.25) is 14.5 Å². The summed E-state index contributed by atoms with van der Waals surface area (Å²) in [4.78, 5) is 31.8. The van der Waals surface area contributed by atoms with Gasteiger partial charge in [-0.1, -0.05) is 29.5 Å². The number of nitrogens with zero attached hydrogens (tertiary/aromatic N) is 6. The van der Waals surface area contributed by atoms with E-state index in [-0.39, 0.29) is 17.9 Å². The zero-order valence-corrected chi connectivity index (χ0v) is 18.4. The van der Waals surface area contributed by atoms with Crippen molar-refractivity contribution in [3.63, 3.8) is 0 Å². The number of carbonyl (C=O) groups is 2. The summed E-state index contributed by atoms with van der Waals surface area (Å²) in [5.74, 6) is 0.0789. The van der Waals surface area contributed by atoms with Gasteiger partial charge in [0.05, 0.1) is 38.5 Å². The van der Waals surface area contributed by atoms with E-state index in [9.17, 15) is 9.59 Å². The van der Waals surface area contributed by atoms with Gasteiger partial charge in [0.1, 0.15) is 0 Å². The second-order valence-corrected chi connectivity index (χ2v) is 8.84. The predicted octanol–water partition coefficient (Wildman–Crippen LogP) is 0.800. The topological polar surface area (TPSA) is 83.8 Å². The van der Waals surface area contributed by atoms with Crippen LogP contribution in [0.3, 0.4) is 0 Å². The molecular weight excluding hydrogens is 408 g/mol. The van der Waals surface area contributed by atoms with E-state index in [1.807, 2.05) is 21.9 Å². The maximum Gasteiger partial charge on any atom is 0.276 e. The van der Waals surface area contributed by atoms with Crippen molar-refractivity contribution in [3.05, 3.63) is 47.3 Å². The van der Waals surface area contributed by atoms with Gasteiger partial charge in [0, 0.05) is 32.7 Å². The molecule has 0 saturated carbocycles. The van der Waals surface area contributed by atoms with Crippen molar-refractivity contribution in [2.75, 3.05) is 45.9 Å². The van der Waals surface area contributed by atoms with Crippen LogP contribution in [0.1, 0.15) is 34.5 Å². The lowest BCUT2D eigenvalue weighted by Gasteiger charge is -2.30. The molecule has 9 nitrogen and oxygen atoms in total. The number of aromatic nitrogens is 3. The number of benzene rings is 1. The second kappa shape index (κ2) is 9.38. The summed E-state index contributed by atoms with van der Waals surface area (Å²) in [6, 6.07) is 8.35. The molecule has 4 heterocycles. The van der Waals surface area contributed by atoms with Crippen molar-refractivity contribution in [2.45, 2.75) is 38.4 Å². The van der Waals surface area contributed by atoms with Gasteiger partial charge in [-0.05, 0) is 30.4 Å². The average molecular weight is 439 g/mol. The average Bonchev–Trinajstić information content (AvgIpc) is 3.49. The van der Waals surface area contributed by atoms with E-state index in [1.165, 1.54) is 11.1 Å². The van der Waals surface area contributed by atoms with Crippen LogP contribution in [0.15, 0.2) is 30.5 Å². The number of carbonyl (C=O) groups excluding carboxylic acids is 2. The summed E-state index contributed by atoms with van der Waals surface area (Å²) < 4.78 is 7.09. The van der Waals surface area contributed by atoms with E-state index < -0.39 is 0 Å². The molecule has 0 bridgehead atoms. The first-order valence-electron chi connectivity index (χ1n) is 11.5. The highest BCUT2D eigenvalue weighted by Gasteiger charge is 2.31. The quantitative estimate of drug-likeness (QED) is 0.687. The fourth-order valence-corrected chi connectivity index (χ4v) is 4.93. The van der Waals surface area contributed by atoms with E-state index in [2.05, 4.69) is 27.3 Å². The molecule has 0 spiro atoms. The summed E-state index contributed by atoms with van der Waals surface area (Å²) in [6.45, 7) is 6.07. The van der Waals surface area contributed by atoms with Crippen molar-refractivity contribution in [1.82, 2.24) is 29.7 Å². The fraction of sp³-hybridized carbons (Fsp3) is 0.565. The number of likely N-dealkylation sites (tertiary alicyclic amines) is 1. The molecular formula is C23H30N6O3. The van der Waals surface area contributed by atoms with E-state index in [4.69, 9.17) is 4.74 Å². The maximum atomic E-state index is 13.0. The Kier molecular flexibility index (Phi) is 6.18. The maximum absolute atomic E-state index is 13.0. The molecule has 0 unspecified atom stereocenters. The minimum Gasteiger partial charge on any atom is -0.379 e. The van der Waals surface area contributed by atoms with Crippen LogP contribution in [0.5, 0.6) is 0 Å². The molecule has 0 radical (unpaired) electrons. The Balaban J connectivity index is 1.19. The molecule has 3 aliphatic heterocycles. The van der Waals surface area contributed by atoms with Crippen LogP contribution in [-0.4, -0.2) is 93.5 Å². The van der Waals surface area contributed by atoms with E-state index in [0.29, 0.717) is 45.1 Å². The number of ether oxygens (including phenoxy) is 1. The van der Waals surface area contributed by atoms with Crippen LogP contribution >= 0.6 is 0 Å². The Bertz CT molecular complexity index is 970. The van der Waals surface area contributed by atoms with E-state index in [0.717, 1.165) is 38.9 Å². The standard InChI is InChI=1S/C23H30N6O3/c30-22(17-26-10-12-32-13-11-26)29-8-3-6-20(29)15-28-16-21(24-25-28)23(31)27-9-7-18-4-1-2-5-19(18)14-27/h1-2,4-5,16,20H,3,6-15,17H2/t20-/m0/s1. The van der Waals surface area contributed by atoms with Crippen LogP contribution in [0.2, 0.25) is 0 Å². The summed E-state index contributed by atoms with van der Waals surface area (Å²) in [5.41, 5.74) is 2.87. The molecule has 3 aliphatic rings. The monoisotopic (exact) mass is 438 g/mol. The highest BCUT2D eigenvalue weighted by molar-refractivity contribution is 5.92. The number of morpholine rings is 1. The van der Waals surface area contributed by atoms with Crippen LogP contribution in [0.25, 0.3) is 0 Å². The largest absolute Gasteiger partial charge is 0.379 e. The number of hydrogen-bond acceptors (Lipinski definition) is 6. The van der Waals surface area contributed by atoms with Crippen molar-refractivity contribution < 1.29 is 14.3 Å². The highest BCUT2D eigenvalue weighted by Crippen LogP contribution is 2.21. The molecule has 1 aromatic carbocycles. The van der Waals surface area contributed by atoms with Gasteiger partial charge in [-0.15, -0.1) is 5.10 Å². The lowest BCUT2D eigenvalue weighted by atomic mass is 10.00. The molecule has 0 N–H and O–H groups in total. The Morgan fingerprint density at radius 2 is 1.88 bits per heavy atom. The third kappa shape index (κ3) is 4.54. The molecule has 170 valence electrons. The number of fused-ring (bicyclic) bond motifs is 1. The smallest absolute Gasteiger partial charge is 0.276 e. The summed E-state index contributed by atoms with van der Waals surface area (Å²) in [7, 11) is 0. The zero-order chi connectivity index (χ0) is 21.9. The van der Waals surface area contributed by atoms with Crippen LogP contribution in [-0.2, 0) is 29.0 Å². The first-order valence-corrected chi connectivity index (χ1v) is 11.5. The van der Waals surface area contributed by atoms with Gasteiger partial charge in [0.2, 0.25) is 5.91 Å². The third-order valence-corrected chi connectivity index (χ3v) is 6.73. The van der Waals surface area contributed by atoms with Crippen molar-refractivity contribution in [2.24, 2.45) is 0 Å². The minimum atomic E-state index is -0.0857. The zero-order valence-electron chi connectivity index (χ0n) is 18.4. The molecule has 2 amide bonds. The lowest BCUT2D eigenvalue weighted by Crippen LogP contribution is -2.47. The molecule has 1 atom stereocenters. The summed E-state index contributed by atoms with van der Waals surface area (Å²) in [6.07, 6.45) is 4.53. The van der Waals surface area contributed by atoms with Gasteiger partial charge in [-0.2, -0.15) is 0 Å². The highest BCUT2D eigenvalue weighted by atomic mass is 16.5. The predicted molar refractivity (Wildman–Crippen MR) is 117 cm³/mol. The Labute approximate surface area is 187 Å². The normalized spacial score (nSPS) is 21.6. The van der Waals surface area contributed by atoms with Crippen molar-refractivity contribution in [3.8, 4) is 0 Å². The number of rotatable bonds is 5. The molecule has 2 saturated heterocycles. The summed E-state index contributed by atoms with van der Waals surface area (Å²) in [5, 5.41) is 8.35. The Hall–Kier alpha value is -2.78. The first-order chi connectivity index (χ1) is 15.7. The van der Waals surface area contributed by atoms with Crippen LogP contribution < -0.4 is 0 Å². The Morgan fingerprint density at radius 3 is 2.72 bits per heavy atom. The first kappa shape index (κ1) is 21.1. The molecule has 2 aromatic rings. The van der Waals surface area contributed by atoms with Gasteiger partial charge >= 0.3 is 0 Å². The summed E-state index contributed by atoms with van der Waals surface area (Å²) >= 11 is 0.